The lowest BCUT2D eigenvalue weighted by atomic mass is 9.89. The standard InChI is InChI=1S/C70H113N11O16/c1-17-44(8)60(53(94-14)39-55(83)81-37-25-29-52(81)62(96-16)46(10)64(87)74-47(11)61(85)49-26-20-18-21-27-49)79(12)68(91)58(42(4)5)78-67(90)59(43(6)7)80(13)70(93)97-40-48-31-33-50(34-32-48)75-65(88)51(28-24-36-73-69(71)92)76-66(89)57(41(2)3)77-54(82)30-22-19-23-35-72-63(86)45(9)38-56(84)95-15/h18,20-21,26-27,31-34,41-47,51-53,57-62,85H,17,19,22-25,28-30,35-40H2,1-16H3,(H,72,86)(H,74,87)(H,75,88)(H,76,89)(H,77,82)(H,78,90)(H3,71,73,92)/t44-,45?,46+,47?,51-,52?,53+,57-,58-,59-,60-,61?,62+/m0/s1. The molecule has 2 aromatic carbocycles. The maximum Gasteiger partial charge on any atom is 0.410 e. The topological polar surface area (TPSA) is 365 Å². The number of aliphatic hydroxyl groups is 1. The summed E-state index contributed by atoms with van der Waals surface area (Å²) in [6, 6.07) is 8.74. The highest BCUT2D eigenvalue weighted by atomic mass is 16.6. The predicted octanol–water partition coefficient (Wildman–Crippen LogP) is 5.47. The maximum atomic E-state index is 14.8. The van der Waals surface area contributed by atoms with Gasteiger partial charge in [0.15, 0.2) is 0 Å². The molecule has 2 aromatic rings. The van der Waals surface area contributed by atoms with E-state index >= 15 is 0 Å². The molecule has 1 saturated heterocycles. The highest BCUT2D eigenvalue weighted by Crippen LogP contribution is 2.31. The number of likely N-dealkylation sites (tertiary alicyclic amines) is 1. The number of rotatable bonds is 41. The maximum absolute atomic E-state index is 14.8. The van der Waals surface area contributed by atoms with Crippen molar-refractivity contribution >= 4 is 71.0 Å². The molecule has 0 aliphatic carbocycles. The summed E-state index contributed by atoms with van der Waals surface area (Å²) in [6.45, 7) is 20.4. The third kappa shape index (κ3) is 26.5. The minimum atomic E-state index is -1.11. The van der Waals surface area contributed by atoms with Gasteiger partial charge in [-0.2, -0.15) is 0 Å². The molecule has 4 unspecified atom stereocenters. The number of anilines is 1. The molecule has 1 heterocycles. The largest absolute Gasteiger partial charge is 0.469 e. The van der Waals surface area contributed by atoms with Crippen molar-refractivity contribution in [2.45, 2.75) is 214 Å². The van der Waals surface area contributed by atoms with Crippen molar-refractivity contribution in [1.29, 1.82) is 0 Å². The minimum absolute atomic E-state index is 0.0351. The number of methoxy groups -OCH3 is 3. The highest BCUT2D eigenvalue weighted by Gasteiger charge is 2.44. The van der Waals surface area contributed by atoms with Crippen LogP contribution in [0.25, 0.3) is 0 Å². The van der Waals surface area contributed by atoms with Crippen LogP contribution >= 0.6 is 0 Å². The Hall–Kier alpha value is -7.91. The van der Waals surface area contributed by atoms with Crippen molar-refractivity contribution in [3.05, 3.63) is 65.7 Å². The lowest BCUT2D eigenvalue weighted by molar-refractivity contribution is -0.148. The SMILES string of the molecule is CC[C@H](C)[C@@H]([C@@H](CC(=O)N1CCCC1[C@H](OC)[C@@H](C)C(=O)NC(C)C(O)c1ccccc1)OC)N(C)C(=O)[C@@H](NC(=O)[C@H](C(C)C)N(C)C(=O)OCc1ccc(NC(=O)[C@H](CCCNC(N)=O)NC(=O)[C@@H](NC(=O)CCCCCNC(=O)C(C)CC(=O)OC)C(C)C)cc1)C(C)C. The number of urea groups is 1. The smallest absolute Gasteiger partial charge is 0.410 e. The summed E-state index contributed by atoms with van der Waals surface area (Å²) in [5.74, 6) is -6.56. The van der Waals surface area contributed by atoms with Gasteiger partial charge in [0.2, 0.25) is 47.3 Å². The van der Waals surface area contributed by atoms with Gasteiger partial charge in [-0.05, 0) is 92.4 Å². The molecular formula is C70H113N11O16. The quantitative estimate of drug-likeness (QED) is 0.0294. The van der Waals surface area contributed by atoms with E-state index < -0.39 is 126 Å². The molecule has 0 saturated carbocycles. The van der Waals surface area contributed by atoms with E-state index in [4.69, 9.17) is 19.9 Å². The summed E-state index contributed by atoms with van der Waals surface area (Å²) in [5.41, 5.74) is 6.78. The molecule has 97 heavy (non-hydrogen) atoms. The van der Waals surface area contributed by atoms with Crippen LogP contribution in [-0.4, -0.2) is 195 Å². The number of ether oxygens (including phenoxy) is 4. The molecule has 11 amide bonds. The molecule has 1 aliphatic heterocycles. The monoisotopic (exact) mass is 1360 g/mol. The lowest BCUT2D eigenvalue weighted by Crippen LogP contribution is -2.60. The second-order valence-corrected chi connectivity index (χ2v) is 26.6. The van der Waals surface area contributed by atoms with E-state index in [1.165, 1.54) is 33.3 Å². The first kappa shape index (κ1) is 83.3. The molecule has 0 spiro atoms. The van der Waals surface area contributed by atoms with Crippen LogP contribution < -0.4 is 43.0 Å². The number of nitrogens with one attached hydrogen (secondary N) is 7. The van der Waals surface area contributed by atoms with Crippen LogP contribution in [0.2, 0.25) is 0 Å². The first-order valence-electron chi connectivity index (χ1n) is 34.1. The Balaban J connectivity index is 1.67. The second-order valence-electron chi connectivity index (χ2n) is 26.6. The Morgan fingerprint density at radius 1 is 0.670 bits per heavy atom. The zero-order chi connectivity index (χ0) is 72.8. The molecular weight excluding hydrogens is 1250 g/mol. The van der Waals surface area contributed by atoms with Crippen molar-refractivity contribution in [3.63, 3.8) is 0 Å². The molecule has 27 nitrogen and oxygen atoms in total. The summed E-state index contributed by atoms with van der Waals surface area (Å²) in [5, 5.41) is 30.4. The summed E-state index contributed by atoms with van der Waals surface area (Å²) in [6.07, 6.45) is 0.654. The van der Waals surface area contributed by atoms with Crippen molar-refractivity contribution in [3.8, 4) is 0 Å². The van der Waals surface area contributed by atoms with Crippen LogP contribution in [-0.2, 0) is 68.7 Å². The van der Waals surface area contributed by atoms with E-state index in [9.17, 15) is 57.8 Å². The van der Waals surface area contributed by atoms with E-state index in [0.29, 0.717) is 68.4 Å². The molecule has 13 atom stereocenters. The molecule has 0 bridgehead atoms. The Morgan fingerprint density at radius 2 is 1.31 bits per heavy atom. The number of aliphatic hydroxyl groups excluding tert-OH is 1. The van der Waals surface area contributed by atoms with Crippen molar-refractivity contribution in [2.24, 2.45) is 41.2 Å². The van der Waals surface area contributed by atoms with Crippen molar-refractivity contribution < 1.29 is 76.8 Å². The molecule has 10 N–H and O–H groups in total. The van der Waals surface area contributed by atoms with E-state index in [-0.39, 0.29) is 80.7 Å². The van der Waals surface area contributed by atoms with Gasteiger partial charge in [0, 0.05) is 66.0 Å². The van der Waals surface area contributed by atoms with Crippen molar-refractivity contribution in [1.82, 2.24) is 46.6 Å². The number of unbranched alkanes of at least 4 members (excludes halogenated alkanes) is 2. The normalized spacial score (nSPS) is 16.7. The fraction of sp³-hybridized carbons (Fsp3) is 0.671. The number of hydrogen-bond donors (Lipinski definition) is 9. The van der Waals surface area contributed by atoms with E-state index in [0.717, 1.165) is 0 Å². The van der Waals surface area contributed by atoms with E-state index in [2.05, 4.69) is 42.0 Å². The first-order valence-corrected chi connectivity index (χ1v) is 34.1. The van der Waals surface area contributed by atoms with Crippen LogP contribution in [0.4, 0.5) is 15.3 Å². The fourth-order valence-corrected chi connectivity index (χ4v) is 12.1. The van der Waals surface area contributed by atoms with Gasteiger partial charge >= 0.3 is 18.1 Å². The number of likely N-dealkylation sites (N-methyl/N-ethyl adjacent to an activating group) is 2. The third-order valence-electron chi connectivity index (χ3n) is 18.1. The molecule has 0 aromatic heterocycles. The Kier molecular flexibility index (Phi) is 36.1. The van der Waals surface area contributed by atoms with Crippen LogP contribution in [0.5, 0.6) is 0 Å². The zero-order valence-corrected chi connectivity index (χ0v) is 60.0. The van der Waals surface area contributed by atoms with Crippen LogP contribution in [0.15, 0.2) is 54.6 Å². The molecule has 1 aliphatic rings. The number of nitrogens with zero attached hydrogens (tertiary/aromatic N) is 3. The fourth-order valence-electron chi connectivity index (χ4n) is 12.1. The average Bonchev–Trinajstić information content (AvgIpc) is 1.80. The molecule has 544 valence electrons. The number of carbonyl (C=O) groups excluding carboxylic acids is 11. The summed E-state index contributed by atoms with van der Waals surface area (Å²) < 4.78 is 22.4. The number of hydrogen-bond acceptors (Lipinski definition) is 16. The van der Waals surface area contributed by atoms with Gasteiger partial charge in [-0.25, -0.2) is 9.59 Å². The molecule has 27 heteroatoms. The molecule has 1 fully saturated rings. The minimum Gasteiger partial charge on any atom is -0.469 e. The summed E-state index contributed by atoms with van der Waals surface area (Å²) >= 11 is 0. The highest BCUT2D eigenvalue weighted by molar-refractivity contribution is 5.98. The van der Waals surface area contributed by atoms with Gasteiger partial charge < -0.3 is 76.8 Å². The molecule has 0 radical (unpaired) electrons. The van der Waals surface area contributed by atoms with Crippen LogP contribution in [0, 0.1) is 35.5 Å². The van der Waals surface area contributed by atoms with E-state index in [1.54, 1.807) is 116 Å². The van der Waals surface area contributed by atoms with Gasteiger partial charge in [-0.3, -0.25) is 48.1 Å². The number of amides is 11. The summed E-state index contributed by atoms with van der Waals surface area (Å²) in [4.78, 5) is 152. The predicted molar refractivity (Wildman–Crippen MR) is 366 cm³/mol. The number of benzene rings is 2. The first-order chi connectivity index (χ1) is 45.8. The average molecular weight is 1360 g/mol. The van der Waals surface area contributed by atoms with Gasteiger partial charge in [0.25, 0.3) is 0 Å². The van der Waals surface area contributed by atoms with Crippen molar-refractivity contribution in [2.75, 3.05) is 60.4 Å². The van der Waals surface area contributed by atoms with Gasteiger partial charge in [0.1, 0.15) is 30.8 Å². The number of esters is 1. The second kappa shape index (κ2) is 42.0. The Bertz CT molecular complexity index is 2860. The number of primary amides is 1. The van der Waals surface area contributed by atoms with Crippen LogP contribution in [0.1, 0.15) is 164 Å². The van der Waals surface area contributed by atoms with Gasteiger partial charge in [-0.15, -0.1) is 0 Å². The number of nitrogens with two attached hydrogens (primary N) is 1. The van der Waals surface area contributed by atoms with E-state index in [1.807, 2.05) is 32.0 Å². The van der Waals surface area contributed by atoms with Gasteiger partial charge in [-0.1, -0.05) is 125 Å². The number of carbonyl (C=O) groups is 11. The molecule has 3 rings (SSSR count). The Morgan fingerprint density at radius 3 is 1.89 bits per heavy atom. The lowest BCUT2D eigenvalue weighted by Gasteiger charge is -2.41. The Labute approximate surface area is 573 Å². The summed E-state index contributed by atoms with van der Waals surface area (Å²) in [7, 11) is 7.33. The third-order valence-corrected chi connectivity index (χ3v) is 18.1. The zero-order valence-electron chi connectivity index (χ0n) is 60.0. The van der Waals surface area contributed by atoms with Crippen LogP contribution in [0.3, 0.4) is 0 Å². The van der Waals surface area contributed by atoms with Gasteiger partial charge in [0.05, 0.1) is 62.3 Å².